The minimum atomic E-state index is -0.260. The third-order valence-electron chi connectivity index (χ3n) is 3.24. The van der Waals surface area contributed by atoms with Crippen LogP contribution in [0, 0.1) is 18.3 Å². The van der Waals surface area contributed by atoms with Gasteiger partial charge in [0.05, 0.1) is 6.54 Å². The van der Waals surface area contributed by atoms with E-state index in [4.69, 9.17) is 4.52 Å². The maximum absolute atomic E-state index is 12.5. The highest BCUT2D eigenvalue weighted by Gasteiger charge is 2.23. The normalized spacial score (nSPS) is 11.6. The van der Waals surface area contributed by atoms with Crippen LogP contribution in [0.3, 0.4) is 0 Å². The molecule has 0 aliphatic carbocycles. The molecule has 0 saturated heterocycles. The molecule has 6 heteroatoms. The van der Waals surface area contributed by atoms with E-state index in [1.165, 1.54) is 0 Å². The van der Waals surface area contributed by atoms with E-state index in [1.807, 2.05) is 20.8 Å². The first-order chi connectivity index (χ1) is 10.6. The fourth-order valence-corrected chi connectivity index (χ4v) is 2.05. The molecule has 2 amide bonds. The molecule has 0 saturated carbocycles. The lowest BCUT2D eigenvalue weighted by Crippen LogP contribution is -2.40. The predicted molar refractivity (Wildman–Crippen MR) is 90.0 cm³/mol. The van der Waals surface area contributed by atoms with Crippen LogP contribution < -0.4 is 5.32 Å². The van der Waals surface area contributed by atoms with Crippen molar-refractivity contribution >= 4 is 17.6 Å². The van der Waals surface area contributed by atoms with Gasteiger partial charge >= 0.3 is 0 Å². The summed E-state index contributed by atoms with van der Waals surface area (Å²) in [5.74, 6) is 1.22. The molecule has 0 aliphatic heterocycles. The highest BCUT2D eigenvalue weighted by atomic mass is 16.5. The second-order valence-electron chi connectivity index (χ2n) is 7.61. The van der Waals surface area contributed by atoms with Gasteiger partial charge in [-0.15, -0.1) is 0 Å². The number of carbonyl (C=O) groups is 2. The van der Waals surface area contributed by atoms with E-state index in [0.717, 1.165) is 6.42 Å². The van der Waals surface area contributed by atoms with E-state index in [2.05, 4.69) is 24.3 Å². The van der Waals surface area contributed by atoms with Crippen LogP contribution in [0.1, 0.15) is 53.2 Å². The zero-order valence-corrected chi connectivity index (χ0v) is 15.1. The molecule has 6 nitrogen and oxygen atoms in total. The van der Waals surface area contributed by atoms with Crippen LogP contribution in [0.5, 0.6) is 0 Å². The molecule has 0 radical (unpaired) electrons. The number of nitrogens with one attached hydrogen (secondary N) is 1. The molecule has 0 aromatic carbocycles. The topological polar surface area (TPSA) is 75.4 Å². The molecule has 1 N–H and O–H groups in total. The molecule has 0 aliphatic rings. The number of aromatic nitrogens is 1. The Bertz CT molecular complexity index is 529. The Morgan fingerprint density at radius 1 is 1.35 bits per heavy atom. The molecule has 1 rings (SSSR count). The standard InChI is InChI=1S/C17H29N3O3/c1-12(2)7-8-20(16(22)10-17(4,5)6)11-15(21)18-14-9-13(3)23-19-14/h9,12H,7-8,10-11H2,1-6H3,(H,18,19,21). The molecular weight excluding hydrogens is 294 g/mol. The second-order valence-corrected chi connectivity index (χ2v) is 7.61. The Morgan fingerprint density at radius 2 is 2.00 bits per heavy atom. The maximum Gasteiger partial charge on any atom is 0.245 e. The van der Waals surface area contributed by atoms with Crippen molar-refractivity contribution in [3.05, 3.63) is 11.8 Å². The van der Waals surface area contributed by atoms with Crippen molar-refractivity contribution in [1.29, 1.82) is 0 Å². The summed E-state index contributed by atoms with van der Waals surface area (Å²) in [5, 5.41) is 6.39. The van der Waals surface area contributed by atoms with Crippen LogP contribution in [0.15, 0.2) is 10.6 Å². The lowest BCUT2D eigenvalue weighted by molar-refractivity contribution is -0.136. The zero-order valence-electron chi connectivity index (χ0n) is 15.1. The van der Waals surface area contributed by atoms with E-state index in [0.29, 0.717) is 30.5 Å². The number of nitrogens with zero attached hydrogens (tertiary/aromatic N) is 2. The number of carbonyl (C=O) groups excluding carboxylic acids is 2. The van der Waals surface area contributed by atoms with Crippen molar-refractivity contribution in [3.63, 3.8) is 0 Å². The third-order valence-corrected chi connectivity index (χ3v) is 3.24. The Kier molecular flexibility index (Phi) is 6.79. The van der Waals surface area contributed by atoms with Crippen molar-refractivity contribution in [1.82, 2.24) is 10.1 Å². The van der Waals surface area contributed by atoms with Crippen LogP contribution in [0.25, 0.3) is 0 Å². The quantitative estimate of drug-likeness (QED) is 0.836. The number of anilines is 1. The summed E-state index contributed by atoms with van der Waals surface area (Å²) >= 11 is 0. The van der Waals surface area contributed by atoms with Gasteiger partial charge in [0, 0.05) is 19.0 Å². The summed E-state index contributed by atoms with van der Waals surface area (Å²) in [6.45, 7) is 12.6. The molecule has 0 atom stereocenters. The van der Waals surface area contributed by atoms with E-state index in [9.17, 15) is 9.59 Å². The van der Waals surface area contributed by atoms with Gasteiger partial charge in [0.25, 0.3) is 0 Å². The van der Waals surface area contributed by atoms with Crippen molar-refractivity contribution in [2.75, 3.05) is 18.4 Å². The van der Waals surface area contributed by atoms with Gasteiger partial charge in [0.2, 0.25) is 11.8 Å². The minimum Gasteiger partial charge on any atom is -0.360 e. The van der Waals surface area contributed by atoms with Crippen molar-refractivity contribution in [2.24, 2.45) is 11.3 Å². The van der Waals surface area contributed by atoms with Gasteiger partial charge in [0.15, 0.2) is 5.82 Å². The number of hydrogen-bond acceptors (Lipinski definition) is 4. The molecule has 1 aromatic rings. The first-order valence-corrected chi connectivity index (χ1v) is 8.08. The largest absolute Gasteiger partial charge is 0.360 e. The average Bonchev–Trinajstić information content (AvgIpc) is 2.77. The lowest BCUT2D eigenvalue weighted by atomic mass is 9.91. The molecule has 0 unspecified atom stereocenters. The minimum absolute atomic E-state index is 0.00429. The summed E-state index contributed by atoms with van der Waals surface area (Å²) in [7, 11) is 0. The maximum atomic E-state index is 12.5. The molecule has 1 aromatic heterocycles. The van der Waals surface area contributed by atoms with E-state index in [-0.39, 0.29) is 23.8 Å². The number of hydrogen-bond donors (Lipinski definition) is 1. The molecule has 0 bridgehead atoms. The van der Waals surface area contributed by atoms with Gasteiger partial charge in [-0.3, -0.25) is 9.59 Å². The third kappa shape index (κ3) is 7.81. The van der Waals surface area contributed by atoms with Crippen molar-refractivity contribution in [3.8, 4) is 0 Å². The molecule has 130 valence electrons. The predicted octanol–water partition coefficient (Wildman–Crippen LogP) is 3.23. The van der Waals surface area contributed by atoms with Gasteiger partial charge in [0.1, 0.15) is 5.76 Å². The Morgan fingerprint density at radius 3 is 2.48 bits per heavy atom. The fourth-order valence-electron chi connectivity index (χ4n) is 2.05. The van der Waals surface area contributed by atoms with Crippen LogP contribution in [-0.2, 0) is 9.59 Å². The molecule has 0 fully saturated rings. The molecule has 1 heterocycles. The Labute approximate surface area is 138 Å². The summed E-state index contributed by atoms with van der Waals surface area (Å²) in [5.41, 5.74) is -0.104. The van der Waals surface area contributed by atoms with Gasteiger partial charge in [-0.2, -0.15) is 0 Å². The number of aryl methyl sites for hydroxylation is 1. The SMILES string of the molecule is Cc1cc(NC(=O)CN(CCC(C)C)C(=O)CC(C)(C)C)no1. The lowest BCUT2D eigenvalue weighted by Gasteiger charge is -2.26. The Hall–Kier alpha value is -1.85. The first-order valence-electron chi connectivity index (χ1n) is 8.08. The molecule has 23 heavy (non-hydrogen) atoms. The van der Waals surface area contributed by atoms with Crippen molar-refractivity contribution < 1.29 is 14.1 Å². The highest BCUT2D eigenvalue weighted by molar-refractivity contribution is 5.93. The van der Waals surface area contributed by atoms with Crippen molar-refractivity contribution in [2.45, 2.75) is 54.4 Å². The highest BCUT2D eigenvalue weighted by Crippen LogP contribution is 2.20. The summed E-state index contributed by atoms with van der Waals surface area (Å²) in [6.07, 6.45) is 1.29. The Balaban J connectivity index is 2.67. The molecule has 0 spiro atoms. The van der Waals surface area contributed by atoms with E-state index in [1.54, 1.807) is 17.9 Å². The van der Waals surface area contributed by atoms with Crippen LogP contribution in [0.2, 0.25) is 0 Å². The van der Waals surface area contributed by atoms with Gasteiger partial charge in [-0.1, -0.05) is 39.8 Å². The average molecular weight is 323 g/mol. The smallest absolute Gasteiger partial charge is 0.245 e. The van der Waals surface area contributed by atoms with E-state index < -0.39 is 0 Å². The van der Waals surface area contributed by atoms with Crippen LogP contribution >= 0.6 is 0 Å². The first kappa shape index (κ1) is 19.2. The number of rotatable bonds is 7. The summed E-state index contributed by atoms with van der Waals surface area (Å²) in [6, 6.07) is 1.65. The van der Waals surface area contributed by atoms with E-state index >= 15 is 0 Å². The van der Waals surface area contributed by atoms with Crippen LogP contribution in [-0.4, -0.2) is 35.0 Å². The van der Waals surface area contributed by atoms with Gasteiger partial charge in [-0.05, 0) is 24.7 Å². The number of amides is 2. The summed E-state index contributed by atoms with van der Waals surface area (Å²) in [4.78, 5) is 26.3. The van der Waals surface area contributed by atoms with Gasteiger partial charge < -0.3 is 14.7 Å². The zero-order chi connectivity index (χ0) is 17.6. The summed E-state index contributed by atoms with van der Waals surface area (Å²) < 4.78 is 4.92. The van der Waals surface area contributed by atoms with Crippen LogP contribution in [0.4, 0.5) is 5.82 Å². The fraction of sp³-hybridized carbons (Fsp3) is 0.706. The monoisotopic (exact) mass is 323 g/mol. The second kappa shape index (κ2) is 8.13. The molecular formula is C17H29N3O3. The van der Waals surface area contributed by atoms with Gasteiger partial charge in [-0.25, -0.2) is 0 Å².